The normalized spacial score (nSPS) is 25.1. The Hall–Kier alpha value is -1.55. The zero-order valence-electron chi connectivity index (χ0n) is 33.4. The second kappa shape index (κ2) is 13.5. The number of piperidine rings is 2. The molecule has 4 aliphatic heterocycles. The van der Waals surface area contributed by atoms with Crippen molar-refractivity contribution in [2.75, 3.05) is 49.2 Å². The molecule has 5 heterocycles. The topological polar surface area (TPSA) is 72.7 Å². The second-order valence-corrected chi connectivity index (χ2v) is 20.1. The van der Waals surface area contributed by atoms with Crippen LogP contribution >= 0.6 is 0 Å². The molecule has 4 aliphatic rings. The van der Waals surface area contributed by atoms with Crippen molar-refractivity contribution in [1.29, 1.82) is 0 Å². The first-order valence-corrected chi connectivity index (χ1v) is 19.3. The molecule has 0 atom stereocenters. The van der Waals surface area contributed by atoms with Crippen molar-refractivity contribution in [1.82, 2.24) is 25.5 Å². The minimum Gasteiger partial charge on any atom is -0.376 e. The van der Waals surface area contributed by atoms with E-state index in [1.807, 2.05) is 0 Å². The molecule has 0 aliphatic carbocycles. The van der Waals surface area contributed by atoms with Gasteiger partial charge in [-0.3, -0.25) is 9.80 Å². The van der Waals surface area contributed by atoms with Crippen LogP contribution in [0.25, 0.3) is 0 Å². The number of anilines is 2. The van der Waals surface area contributed by atoms with Gasteiger partial charge in [-0.1, -0.05) is 22.8 Å². The fourth-order valence-electron chi connectivity index (χ4n) is 10.0. The molecule has 48 heavy (non-hydrogen) atoms. The third-order valence-corrected chi connectivity index (χ3v) is 11.2. The van der Waals surface area contributed by atoms with Gasteiger partial charge in [-0.05, 0) is 135 Å². The van der Waals surface area contributed by atoms with E-state index in [4.69, 9.17) is 14.7 Å². The number of unbranched alkanes of at least 4 members (excludes halogenated alkanes) is 3. The quantitative estimate of drug-likeness (QED) is 0.221. The first-order valence-electron chi connectivity index (χ1n) is 19.3. The molecule has 3 fully saturated rings. The van der Waals surface area contributed by atoms with Gasteiger partial charge >= 0.3 is 11.9 Å². The Labute approximate surface area is 294 Å². The molecule has 274 valence electrons. The highest BCUT2D eigenvalue weighted by atomic mass is 16.5. The molecular weight excluding hydrogens is 596 g/mol. The van der Waals surface area contributed by atoms with Gasteiger partial charge in [0.15, 0.2) is 0 Å². The first-order chi connectivity index (χ1) is 22.1. The predicted octanol–water partition coefficient (Wildman–Crippen LogP) is 5.98. The highest BCUT2D eigenvalue weighted by Gasteiger charge is 2.48. The maximum atomic E-state index is 5.72. The second-order valence-electron chi connectivity index (χ2n) is 20.1. The Morgan fingerprint density at radius 1 is 0.729 bits per heavy atom. The third-order valence-electron chi connectivity index (χ3n) is 11.2. The zero-order valence-corrected chi connectivity index (χ0v) is 33.4. The van der Waals surface area contributed by atoms with Crippen LogP contribution in [0, 0.1) is 0 Å². The van der Waals surface area contributed by atoms with E-state index in [2.05, 4.69) is 120 Å². The molecule has 3 saturated heterocycles. The zero-order chi connectivity index (χ0) is 35.3. The minimum absolute atomic E-state index is 0.0553. The number of nitrogens with zero attached hydrogens (tertiary/aromatic N) is 6. The molecule has 9 heteroatoms. The van der Waals surface area contributed by atoms with Gasteiger partial charge in [0.05, 0.1) is 38.3 Å². The van der Waals surface area contributed by atoms with Crippen LogP contribution in [0.3, 0.4) is 0 Å². The van der Waals surface area contributed by atoms with Gasteiger partial charge in [0, 0.05) is 46.3 Å². The third kappa shape index (κ3) is 9.02. The molecule has 0 amide bonds. The maximum absolute atomic E-state index is 5.72. The van der Waals surface area contributed by atoms with Gasteiger partial charge in [-0.25, -0.2) is 4.57 Å². The Morgan fingerprint density at radius 2 is 1.23 bits per heavy atom. The Balaban J connectivity index is 1.30. The van der Waals surface area contributed by atoms with Crippen LogP contribution in [-0.4, -0.2) is 94.0 Å². The smallest absolute Gasteiger partial charge is 0.354 e. The van der Waals surface area contributed by atoms with E-state index < -0.39 is 0 Å². The van der Waals surface area contributed by atoms with E-state index in [0.717, 1.165) is 70.6 Å². The molecule has 5 rings (SSSR count). The molecule has 0 unspecified atom stereocenters. The molecule has 2 N–H and O–H groups in total. The van der Waals surface area contributed by atoms with E-state index in [1.54, 1.807) is 0 Å². The largest absolute Gasteiger partial charge is 0.376 e. The van der Waals surface area contributed by atoms with Crippen molar-refractivity contribution < 1.29 is 9.30 Å². The molecule has 1 aromatic heterocycles. The number of hydrogen-bond donors (Lipinski definition) is 2. The van der Waals surface area contributed by atoms with Gasteiger partial charge < -0.3 is 20.3 Å². The average molecular weight is 670 g/mol. The molecule has 0 spiro atoms. The van der Waals surface area contributed by atoms with Gasteiger partial charge in [-0.15, -0.1) is 0 Å². The van der Waals surface area contributed by atoms with Gasteiger partial charge in [-0.2, -0.15) is 0 Å². The van der Waals surface area contributed by atoms with Crippen LogP contribution in [0.4, 0.5) is 11.9 Å². The predicted molar refractivity (Wildman–Crippen MR) is 199 cm³/mol. The summed E-state index contributed by atoms with van der Waals surface area (Å²) < 4.78 is 8.08. The maximum Gasteiger partial charge on any atom is 0.354 e. The highest BCUT2D eigenvalue weighted by Crippen LogP contribution is 2.37. The highest BCUT2D eigenvalue weighted by molar-refractivity contribution is 5.39. The van der Waals surface area contributed by atoms with Crippen LogP contribution in [0.15, 0.2) is 0 Å². The van der Waals surface area contributed by atoms with Gasteiger partial charge in [0.2, 0.25) is 5.82 Å². The Morgan fingerprint density at radius 3 is 1.73 bits per heavy atom. The summed E-state index contributed by atoms with van der Waals surface area (Å²) in [6.07, 6.45) is 9.48. The SMILES string of the molecule is CC1(C)CC(N(CCCCCCN(C2CC(C)(C)NC(C)(C)C2)C(C)(C)C)c2nc(N3CCOCC3)[n+]3c(n2)C(C)(C)C3)CC(C)(C)N1. The number of morpholine rings is 1. The molecule has 0 saturated carbocycles. The summed E-state index contributed by atoms with van der Waals surface area (Å²) in [5.74, 6) is 3.20. The van der Waals surface area contributed by atoms with E-state index in [-0.39, 0.29) is 33.1 Å². The molecule has 0 aromatic carbocycles. The lowest BCUT2D eigenvalue weighted by Gasteiger charge is -2.53. The van der Waals surface area contributed by atoms with E-state index in [9.17, 15) is 0 Å². The van der Waals surface area contributed by atoms with Crippen LogP contribution in [0.2, 0.25) is 0 Å². The summed E-state index contributed by atoms with van der Waals surface area (Å²) in [7, 11) is 0. The van der Waals surface area contributed by atoms with Gasteiger partial charge in [0.25, 0.3) is 0 Å². The summed E-state index contributed by atoms with van der Waals surface area (Å²) in [4.78, 5) is 18.6. The van der Waals surface area contributed by atoms with Crippen LogP contribution in [0.1, 0.15) is 147 Å². The van der Waals surface area contributed by atoms with E-state index >= 15 is 0 Å². The monoisotopic (exact) mass is 670 g/mol. The lowest BCUT2D eigenvalue weighted by Crippen LogP contribution is -2.66. The fourth-order valence-corrected chi connectivity index (χ4v) is 10.0. The number of nitrogens with one attached hydrogen (secondary N) is 2. The minimum atomic E-state index is 0.0553. The van der Waals surface area contributed by atoms with Crippen molar-refractivity contribution in [2.24, 2.45) is 0 Å². The number of rotatable bonds is 11. The Bertz CT molecular complexity index is 1230. The Kier molecular flexibility index (Phi) is 10.6. The lowest BCUT2D eigenvalue weighted by molar-refractivity contribution is -0.753. The van der Waals surface area contributed by atoms with Crippen molar-refractivity contribution in [3.05, 3.63) is 5.82 Å². The van der Waals surface area contributed by atoms with E-state index in [1.165, 1.54) is 44.5 Å². The number of aromatic nitrogens is 3. The van der Waals surface area contributed by atoms with Crippen molar-refractivity contribution in [3.63, 3.8) is 0 Å². The van der Waals surface area contributed by atoms with Crippen molar-refractivity contribution in [3.8, 4) is 0 Å². The van der Waals surface area contributed by atoms with E-state index in [0.29, 0.717) is 12.1 Å². The first kappa shape index (κ1) is 37.7. The average Bonchev–Trinajstić information content (AvgIpc) is 2.90. The molecular formula is C39H73N8O+. The van der Waals surface area contributed by atoms with Crippen molar-refractivity contribution in [2.45, 2.75) is 193 Å². The van der Waals surface area contributed by atoms with Gasteiger partial charge in [0.1, 0.15) is 0 Å². The summed E-state index contributed by atoms with van der Waals surface area (Å²) >= 11 is 0. The molecule has 0 radical (unpaired) electrons. The number of fused-ring (bicyclic) bond motifs is 1. The van der Waals surface area contributed by atoms with Crippen molar-refractivity contribution >= 4 is 11.9 Å². The molecule has 9 nitrogen and oxygen atoms in total. The standard InChI is InChI=1S/C39H73N8O/c1-34(2,3)47(30-26-38(10,11)43-39(12,13)27-30)19-17-15-14-16-18-45(29-24-36(6,7)42-37(8,9)25-29)32-40-31-35(4,5)28-46(31)33(41-32)44-20-22-48-23-21-44/h29-30,42-43H,14-28H2,1-13H3/q+1. The fraction of sp³-hybridized carbons (Fsp3) is 0.923. The summed E-state index contributed by atoms with van der Waals surface area (Å²) in [5, 5.41) is 7.81. The summed E-state index contributed by atoms with van der Waals surface area (Å²) in [6, 6.07) is 0.997. The lowest BCUT2D eigenvalue weighted by atomic mass is 9.78. The van der Waals surface area contributed by atoms with Crippen LogP contribution in [0.5, 0.6) is 0 Å². The van der Waals surface area contributed by atoms with Crippen LogP contribution < -0.4 is 25.0 Å². The van der Waals surface area contributed by atoms with Crippen LogP contribution in [-0.2, 0) is 16.7 Å². The molecule has 0 bridgehead atoms. The molecule has 1 aromatic rings. The number of hydrogen-bond acceptors (Lipinski definition) is 8. The summed E-state index contributed by atoms with van der Waals surface area (Å²) in [6.45, 7) is 37.3. The summed E-state index contributed by atoms with van der Waals surface area (Å²) in [5.41, 5.74) is 0.657. The number of ether oxygens (including phenoxy) is 1.